The Kier molecular flexibility index (Phi) is 2.92. The smallest absolute Gasteiger partial charge is 0.309 e. The molecule has 0 aromatic carbocycles. The summed E-state index contributed by atoms with van der Waals surface area (Å²) in [7, 11) is 0. The van der Waals surface area contributed by atoms with E-state index in [9.17, 15) is 4.79 Å². The number of carbonyl (C=O) groups is 1. The monoisotopic (exact) mass is 236 g/mol. The van der Waals surface area contributed by atoms with Crippen LogP contribution in [-0.4, -0.2) is 12.6 Å². The molecule has 0 aromatic heterocycles. The molecule has 0 radical (unpaired) electrons. The molecule has 1 aliphatic heterocycles. The number of rotatable bonds is 1. The average molecular weight is 236 g/mol. The Morgan fingerprint density at radius 2 is 1.94 bits per heavy atom. The molecule has 0 spiro atoms. The van der Waals surface area contributed by atoms with Crippen molar-refractivity contribution in [3.8, 4) is 0 Å². The van der Waals surface area contributed by atoms with Crippen molar-refractivity contribution >= 4 is 5.97 Å². The number of cyclic esters (lactones) is 1. The van der Waals surface area contributed by atoms with Crippen LogP contribution in [0.1, 0.15) is 58.3 Å². The maximum absolute atomic E-state index is 11.5. The van der Waals surface area contributed by atoms with Crippen LogP contribution in [-0.2, 0) is 9.53 Å². The van der Waals surface area contributed by atoms with Gasteiger partial charge in [-0.2, -0.15) is 0 Å². The highest BCUT2D eigenvalue weighted by atomic mass is 16.5. The van der Waals surface area contributed by atoms with Crippen molar-refractivity contribution in [3.63, 3.8) is 0 Å². The molecule has 3 atom stereocenters. The lowest BCUT2D eigenvalue weighted by Gasteiger charge is -2.44. The quantitative estimate of drug-likeness (QED) is 0.651. The van der Waals surface area contributed by atoms with Crippen LogP contribution in [0.15, 0.2) is 0 Å². The molecule has 96 valence electrons. The van der Waals surface area contributed by atoms with Crippen LogP contribution in [0.4, 0.5) is 0 Å². The van der Waals surface area contributed by atoms with Crippen molar-refractivity contribution in [1.29, 1.82) is 0 Å². The van der Waals surface area contributed by atoms with Crippen molar-refractivity contribution < 1.29 is 9.53 Å². The van der Waals surface area contributed by atoms with Gasteiger partial charge in [-0.3, -0.25) is 4.79 Å². The molecule has 3 rings (SSSR count). The van der Waals surface area contributed by atoms with Gasteiger partial charge in [-0.05, 0) is 43.4 Å². The van der Waals surface area contributed by atoms with E-state index in [1.807, 2.05) is 0 Å². The van der Waals surface area contributed by atoms with Crippen LogP contribution < -0.4 is 0 Å². The molecule has 0 N–H and O–H groups in total. The van der Waals surface area contributed by atoms with Crippen LogP contribution >= 0.6 is 0 Å². The first kappa shape index (κ1) is 11.6. The summed E-state index contributed by atoms with van der Waals surface area (Å²) in [6, 6.07) is 0. The van der Waals surface area contributed by atoms with E-state index in [0.717, 1.165) is 12.3 Å². The van der Waals surface area contributed by atoms with E-state index < -0.39 is 0 Å². The van der Waals surface area contributed by atoms with Gasteiger partial charge in [0.1, 0.15) is 0 Å². The normalized spacial score (nSPS) is 40.8. The highest BCUT2D eigenvalue weighted by Gasteiger charge is 2.46. The van der Waals surface area contributed by atoms with Crippen LogP contribution in [0.25, 0.3) is 0 Å². The fraction of sp³-hybridized carbons (Fsp3) is 0.933. The van der Waals surface area contributed by atoms with Gasteiger partial charge in [0.2, 0.25) is 0 Å². The Bertz CT molecular complexity index is 304. The Balaban J connectivity index is 1.68. The van der Waals surface area contributed by atoms with Crippen LogP contribution in [0.3, 0.4) is 0 Å². The number of hydrogen-bond acceptors (Lipinski definition) is 2. The Morgan fingerprint density at radius 3 is 2.71 bits per heavy atom. The van der Waals surface area contributed by atoms with E-state index in [2.05, 4.69) is 6.92 Å². The van der Waals surface area contributed by atoms with Gasteiger partial charge in [0.15, 0.2) is 0 Å². The lowest BCUT2D eigenvalue weighted by molar-refractivity contribution is -0.141. The lowest BCUT2D eigenvalue weighted by atomic mass is 9.60. The highest BCUT2D eigenvalue weighted by Crippen LogP contribution is 2.51. The third kappa shape index (κ3) is 2.00. The van der Waals surface area contributed by atoms with Crippen LogP contribution in [0, 0.1) is 23.2 Å². The molecule has 2 heteroatoms. The largest absolute Gasteiger partial charge is 0.465 e. The molecule has 3 fully saturated rings. The van der Waals surface area contributed by atoms with Gasteiger partial charge < -0.3 is 4.74 Å². The fourth-order valence-electron chi connectivity index (χ4n) is 4.46. The summed E-state index contributed by atoms with van der Waals surface area (Å²) in [6.07, 6.45) is 10.7. The second-order valence-corrected chi connectivity index (χ2v) is 6.72. The predicted octanol–water partition coefficient (Wildman–Crippen LogP) is 3.55. The van der Waals surface area contributed by atoms with Gasteiger partial charge in [-0.25, -0.2) is 0 Å². The Hall–Kier alpha value is -0.530. The second-order valence-electron chi connectivity index (χ2n) is 6.72. The van der Waals surface area contributed by atoms with E-state index >= 15 is 0 Å². The van der Waals surface area contributed by atoms with Crippen molar-refractivity contribution in [2.75, 3.05) is 6.61 Å². The van der Waals surface area contributed by atoms with E-state index in [1.165, 1.54) is 44.9 Å². The SMILES string of the molecule is CC1(C2CC[C@H]3C(=O)OC[C@H]3C2)CCCCC1. The zero-order valence-corrected chi connectivity index (χ0v) is 10.9. The molecule has 0 aromatic rings. The van der Waals surface area contributed by atoms with E-state index in [1.54, 1.807) is 0 Å². The molecule has 1 saturated heterocycles. The minimum absolute atomic E-state index is 0.0854. The van der Waals surface area contributed by atoms with Crippen molar-refractivity contribution in [2.24, 2.45) is 23.2 Å². The first-order chi connectivity index (χ1) is 8.19. The first-order valence-electron chi connectivity index (χ1n) is 7.36. The minimum atomic E-state index is 0.0854. The van der Waals surface area contributed by atoms with E-state index in [-0.39, 0.29) is 11.9 Å². The van der Waals surface area contributed by atoms with Crippen LogP contribution in [0.5, 0.6) is 0 Å². The van der Waals surface area contributed by atoms with Gasteiger partial charge in [-0.1, -0.05) is 26.2 Å². The number of esters is 1. The van der Waals surface area contributed by atoms with E-state index in [4.69, 9.17) is 4.74 Å². The number of ether oxygens (including phenoxy) is 1. The van der Waals surface area contributed by atoms with Gasteiger partial charge >= 0.3 is 5.97 Å². The highest BCUT2D eigenvalue weighted by molar-refractivity contribution is 5.74. The molecule has 17 heavy (non-hydrogen) atoms. The molecule has 2 nitrogen and oxygen atoms in total. The lowest BCUT2D eigenvalue weighted by Crippen LogP contribution is -2.36. The summed E-state index contributed by atoms with van der Waals surface area (Å²) in [5, 5.41) is 0. The van der Waals surface area contributed by atoms with Gasteiger partial charge in [0.05, 0.1) is 12.5 Å². The molecular formula is C15H24O2. The standard InChI is InChI=1S/C15H24O2/c1-15(7-3-2-4-8-15)12-5-6-13-11(9-12)10-17-14(13)16/h11-13H,2-10H2,1H3/t11-,12?,13-/m1/s1. The Labute approximate surface area is 104 Å². The number of hydrogen-bond donors (Lipinski definition) is 0. The van der Waals surface area contributed by atoms with Crippen molar-refractivity contribution in [1.82, 2.24) is 0 Å². The fourth-order valence-corrected chi connectivity index (χ4v) is 4.46. The van der Waals surface area contributed by atoms with Gasteiger partial charge in [-0.15, -0.1) is 0 Å². The van der Waals surface area contributed by atoms with Crippen molar-refractivity contribution in [3.05, 3.63) is 0 Å². The molecule has 2 saturated carbocycles. The third-order valence-electron chi connectivity index (χ3n) is 5.71. The molecule has 3 aliphatic rings. The minimum Gasteiger partial charge on any atom is -0.465 e. The maximum atomic E-state index is 11.5. The van der Waals surface area contributed by atoms with Crippen molar-refractivity contribution in [2.45, 2.75) is 58.3 Å². The molecule has 2 aliphatic carbocycles. The number of fused-ring (bicyclic) bond motifs is 1. The second kappa shape index (κ2) is 4.29. The van der Waals surface area contributed by atoms with Crippen LogP contribution in [0.2, 0.25) is 0 Å². The number of carbonyl (C=O) groups excluding carboxylic acids is 1. The molecule has 0 bridgehead atoms. The van der Waals surface area contributed by atoms with E-state index in [0.29, 0.717) is 17.9 Å². The molecule has 1 heterocycles. The maximum Gasteiger partial charge on any atom is 0.309 e. The summed E-state index contributed by atoms with van der Waals surface area (Å²) < 4.78 is 5.23. The predicted molar refractivity (Wildman–Crippen MR) is 66.5 cm³/mol. The zero-order chi connectivity index (χ0) is 11.9. The summed E-state index contributed by atoms with van der Waals surface area (Å²) in [5.41, 5.74) is 0.564. The summed E-state index contributed by atoms with van der Waals surface area (Å²) in [5.74, 6) is 1.72. The summed E-state index contributed by atoms with van der Waals surface area (Å²) >= 11 is 0. The summed E-state index contributed by atoms with van der Waals surface area (Å²) in [4.78, 5) is 11.5. The topological polar surface area (TPSA) is 26.3 Å². The third-order valence-corrected chi connectivity index (χ3v) is 5.71. The molecule has 1 unspecified atom stereocenters. The average Bonchev–Trinajstić information content (AvgIpc) is 2.72. The Morgan fingerprint density at radius 1 is 1.18 bits per heavy atom. The zero-order valence-electron chi connectivity index (χ0n) is 10.9. The van der Waals surface area contributed by atoms with Gasteiger partial charge in [0.25, 0.3) is 0 Å². The molecular weight excluding hydrogens is 212 g/mol. The molecule has 0 amide bonds. The van der Waals surface area contributed by atoms with Gasteiger partial charge in [0, 0.05) is 5.92 Å². The summed E-state index contributed by atoms with van der Waals surface area (Å²) in [6.45, 7) is 3.20. The first-order valence-corrected chi connectivity index (χ1v) is 7.36.